The summed E-state index contributed by atoms with van der Waals surface area (Å²) in [5.41, 5.74) is 0.00119. The van der Waals surface area contributed by atoms with Gasteiger partial charge in [0.25, 0.3) is 5.91 Å². The van der Waals surface area contributed by atoms with Crippen LogP contribution in [0.4, 0.5) is 4.39 Å². The summed E-state index contributed by atoms with van der Waals surface area (Å²) in [6, 6.07) is 4.16. The van der Waals surface area contributed by atoms with E-state index < -0.39 is 11.7 Å². The minimum Gasteiger partial charge on any atom is -0.396 e. The zero-order chi connectivity index (χ0) is 15.2. The van der Waals surface area contributed by atoms with Gasteiger partial charge in [-0.05, 0) is 36.8 Å². The molecule has 1 rings (SSSR count). The van der Waals surface area contributed by atoms with E-state index in [1.54, 1.807) is 0 Å². The Bertz CT molecular complexity index is 461. The molecule has 0 aliphatic rings. The van der Waals surface area contributed by atoms with E-state index in [1.165, 1.54) is 18.2 Å². The molecule has 112 valence electrons. The third kappa shape index (κ3) is 3.93. The van der Waals surface area contributed by atoms with Gasteiger partial charge in [-0.2, -0.15) is 0 Å². The van der Waals surface area contributed by atoms with Crippen molar-refractivity contribution >= 4 is 17.5 Å². The summed E-state index contributed by atoms with van der Waals surface area (Å²) in [7, 11) is 0. The summed E-state index contributed by atoms with van der Waals surface area (Å²) in [6.45, 7) is 4.57. The molecule has 1 aromatic rings. The Morgan fingerprint density at radius 2 is 2.05 bits per heavy atom. The first kappa shape index (κ1) is 16.9. The molecule has 0 heterocycles. The molecule has 0 saturated heterocycles. The molecule has 1 amide bonds. The largest absolute Gasteiger partial charge is 0.396 e. The Hall–Kier alpha value is -1.13. The van der Waals surface area contributed by atoms with Crippen molar-refractivity contribution in [2.45, 2.75) is 33.1 Å². The Morgan fingerprint density at radius 3 is 2.60 bits per heavy atom. The van der Waals surface area contributed by atoms with E-state index in [9.17, 15) is 9.18 Å². The monoisotopic (exact) mass is 301 g/mol. The highest BCUT2D eigenvalue weighted by Crippen LogP contribution is 2.29. The van der Waals surface area contributed by atoms with Gasteiger partial charge in [0, 0.05) is 13.2 Å². The standard InChI is InChI=1S/C15H21ClFNO2/c1-3-15(4-2,8-9-19)10-18-14(20)11-6-5-7-12(17)13(11)16/h5-7,19H,3-4,8-10H2,1-2H3,(H,18,20). The van der Waals surface area contributed by atoms with Crippen LogP contribution in [0.25, 0.3) is 0 Å². The number of benzene rings is 1. The van der Waals surface area contributed by atoms with Crippen molar-refractivity contribution in [2.24, 2.45) is 5.41 Å². The minimum atomic E-state index is -0.605. The van der Waals surface area contributed by atoms with Gasteiger partial charge in [-0.1, -0.05) is 31.5 Å². The van der Waals surface area contributed by atoms with Crippen LogP contribution in [0.1, 0.15) is 43.5 Å². The molecule has 0 spiro atoms. The molecule has 0 atom stereocenters. The van der Waals surface area contributed by atoms with Crippen LogP contribution in [0.3, 0.4) is 0 Å². The smallest absolute Gasteiger partial charge is 0.252 e. The first-order valence-corrected chi connectivity index (χ1v) is 7.20. The Labute approximate surface area is 124 Å². The van der Waals surface area contributed by atoms with Crippen LogP contribution < -0.4 is 5.32 Å². The molecular formula is C15H21ClFNO2. The van der Waals surface area contributed by atoms with Crippen molar-refractivity contribution in [1.82, 2.24) is 5.32 Å². The molecule has 0 bridgehead atoms. The molecule has 20 heavy (non-hydrogen) atoms. The number of nitrogens with one attached hydrogen (secondary N) is 1. The van der Waals surface area contributed by atoms with Crippen LogP contribution in [0.15, 0.2) is 18.2 Å². The number of rotatable bonds is 7. The highest BCUT2D eigenvalue weighted by Gasteiger charge is 2.26. The van der Waals surface area contributed by atoms with E-state index in [2.05, 4.69) is 5.32 Å². The number of aliphatic hydroxyl groups excluding tert-OH is 1. The number of carbonyl (C=O) groups is 1. The van der Waals surface area contributed by atoms with Gasteiger partial charge < -0.3 is 10.4 Å². The minimum absolute atomic E-state index is 0.0816. The quantitative estimate of drug-likeness (QED) is 0.811. The van der Waals surface area contributed by atoms with Crippen molar-refractivity contribution in [2.75, 3.05) is 13.2 Å². The van der Waals surface area contributed by atoms with Gasteiger partial charge in [-0.25, -0.2) is 4.39 Å². The van der Waals surface area contributed by atoms with Crippen LogP contribution in [0.2, 0.25) is 5.02 Å². The molecule has 0 aliphatic carbocycles. The maximum Gasteiger partial charge on any atom is 0.252 e. The fraction of sp³-hybridized carbons (Fsp3) is 0.533. The lowest BCUT2D eigenvalue weighted by Gasteiger charge is -2.31. The molecule has 0 aromatic heterocycles. The maximum atomic E-state index is 13.3. The maximum absolute atomic E-state index is 13.3. The molecular weight excluding hydrogens is 281 g/mol. The van der Waals surface area contributed by atoms with Crippen LogP contribution >= 0.6 is 11.6 Å². The molecule has 0 radical (unpaired) electrons. The van der Waals surface area contributed by atoms with Gasteiger partial charge in [-0.15, -0.1) is 0 Å². The van der Waals surface area contributed by atoms with E-state index in [1.807, 2.05) is 13.8 Å². The molecule has 1 aromatic carbocycles. The van der Waals surface area contributed by atoms with Crippen molar-refractivity contribution in [3.63, 3.8) is 0 Å². The molecule has 0 aliphatic heterocycles. The first-order valence-electron chi connectivity index (χ1n) is 6.82. The number of amides is 1. The first-order chi connectivity index (χ1) is 9.49. The summed E-state index contributed by atoms with van der Waals surface area (Å²) in [5, 5.41) is 11.8. The van der Waals surface area contributed by atoms with Crippen LogP contribution in [-0.2, 0) is 0 Å². The average Bonchev–Trinajstić information content (AvgIpc) is 2.46. The second kappa shape index (κ2) is 7.60. The number of carbonyl (C=O) groups excluding carboxylic acids is 1. The summed E-state index contributed by atoms with van der Waals surface area (Å²) in [4.78, 5) is 12.1. The predicted molar refractivity (Wildman–Crippen MR) is 78.5 cm³/mol. The number of aliphatic hydroxyl groups is 1. The van der Waals surface area contributed by atoms with E-state index in [0.29, 0.717) is 13.0 Å². The van der Waals surface area contributed by atoms with Gasteiger partial charge in [-0.3, -0.25) is 4.79 Å². The SMILES string of the molecule is CCC(CC)(CCO)CNC(=O)c1cccc(F)c1Cl. The summed E-state index contributed by atoms with van der Waals surface area (Å²) >= 11 is 5.79. The fourth-order valence-corrected chi connectivity index (χ4v) is 2.43. The zero-order valence-corrected chi connectivity index (χ0v) is 12.6. The highest BCUT2D eigenvalue weighted by atomic mass is 35.5. The number of hydrogen-bond acceptors (Lipinski definition) is 2. The Kier molecular flexibility index (Phi) is 6.43. The molecule has 2 N–H and O–H groups in total. The molecule has 5 heteroatoms. The lowest BCUT2D eigenvalue weighted by Crippen LogP contribution is -2.37. The molecule has 0 saturated carbocycles. The predicted octanol–water partition coefficient (Wildman–Crippen LogP) is 3.40. The third-order valence-electron chi connectivity index (χ3n) is 3.96. The van der Waals surface area contributed by atoms with E-state index in [0.717, 1.165) is 12.8 Å². The van der Waals surface area contributed by atoms with E-state index in [4.69, 9.17) is 16.7 Å². The van der Waals surface area contributed by atoms with Crippen molar-refractivity contribution < 1.29 is 14.3 Å². The summed E-state index contributed by atoms with van der Waals surface area (Å²) in [5.74, 6) is -0.995. The zero-order valence-electron chi connectivity index (χ0n) is 11.9. The third-order valence-corrected chi connectivity index (χ3v) is 4.35. The van der Waals surface area contributed by atoms with E-state index >= 15 is 0 Å². The van der Waals surface area contributed by atoms with Crippen molar-refractivity contribution in [3.05, 3.63) is 34.6 Å². The van der Waals surface area contributed by atoms with Crippen LogP contribution in [0.5, 0.6) is 0 Å². The van der Waals surface area contributed by atoms with Gasteiger partial charge in [0.1, 0.15) is 5.82 Å². The van der Waals surface area contributed by atoms with Crippen molar-refractivity contribution in [3.8, 4) is 0 Å². The Morgan fingerprint density at radius 1 is 1.40 bits per heavy atom. The van der Waals surface area contributed by atoms with Crippen LogP contribution in [0, 0.1) is 11.2 Å². The van der Waals surface area contributed by atoms with Gasteiger partial charge in [0.15, 0.2) is 0 Å². The normalized spacial score (nSPS) is 11.4. The van der Waals surface area contributed by atoms with Gasteiger partial charge in [0.05, 0.1) is 10.6 Å². The summed E-state index contributed by atoms with van der Waals surface area (Å²) < 4.78 is 13.3. The molecule has 0 fully saturated rings. The lowest BCUT2D eigenvalue weighted by atomic mass is 9.79. The lowest BCUT2D eigenvalue weighted by molar-refractivity contribution is 0.0907. The molecule has 3 nitrogen and oxygen atoms in total. The highest BCUT2D eigenvalue weighted by molar-refractivity contribution is 6.34. The van der Waals surface area contributed by atoms with Gasteiger partial charge >= 0.3 is 0 Å². The summed E-state index contributed by atoms with van der Waals surface area (Å²) in [6.07, 6.45) is 2.32. The average molecular weight is 302 g/mol. The number of halogens is 2. The van der Waals surface area contributed by atoms with Crippen molar-refractivity contribution in [1.29, 1.82) is 0 Å². The van der Waals surface area contributed by atoms with Gasteiger partial charge in [0.2, 0.25) is 0 Å². The molecule has 0 unspecified atom stereocenters. The Balaban J connectivity index is 2.78. The fourth-order valence-electron chi connectivity index (χ4n) is 2.22. The van der Waals surface area contributed by atoms with Crippen LogP contribution in [-0.4, -0.2) is 24.2 Å². The number of hydrogen-bond donors (Lipinski definition) is 2. The van der Waals surface area contributed by atoms with E-state index in [-0.39, 0.29) is 22.6 Å². The second-order valence-corrected chi connectivity index (χ2v) is 5.34. The topological polar surface area (TPSA) is 49.3 Å². The second-order valence-electron chi connectivity index (χ2n) is 4.96.